The maximum absolute atomic E-state index is 13.8. The van der Waals surface area contributed by atoms with Crippen molar-refractivity contribution in [2.75, 3.05) is 26.4 Å². The number of amides is 2. The molecule has 1 saturated carbocycles. The Balaban J connectivity index is 1.36. The number of rotatable bonds is 4. The van der Waals surface area contributed by atoms with Crippen LogP contribution in [-0.2, 0) is 22.6 Å². The first-order valence-corrected chi connectivity index (χ1v) is 9.27. The molecule has 2 N–H and O–H groups in total. The van der Waals surface area contributed by atoms with Crippen LogP contribution in [0.15, 0.2) is 12.1 Å². The van der Waals surface area contributed by atoms with Crippen molar-refractivity contribution in [2.45, 2.75) is 32.3 Å². The smallest absolute Gasteiger partial charge is 0.317 e. The van der Waals surface area contributed by atoms with Crippen LogP contribution in [0.1, 0.15) is 30.4 Å². The second-order valence-electron chi connectivity index (χ2n) is 7.58. The molecular formula is C19H23FN2O5. The first-order chi connectivity index (χ1) is 13.0. The third-order valence-electron chi connectivity index (χ3n) is 6.01. The first kappa shape index (κ1) is 18.0. The van der Waals surface area contributed by atoms with Crippen molar-refractivity contribution in [3.63, 3.8) is 0 Å². The number of fused-ring (bicyclic) bond motifs is 2. The van der Waals surface area contributed by atoms with Gasteiger partial charge in [-0.2, -0.15) is 0 Å². The normalized spacial score (nSPS) is 26.3. The molecule has 1 aromatic carbocycles. The number of carbonyl (C=O) groups excluding carboxylic acids is 1. The zero-order chi connectivity index (χ0) is 19.0. The van der Waals surface area contributed by atoms with Gasteiger partial charge in [-0.1, -0.05) is 6.42 Å². The minimum atomic E-state index is -0.800. The van der Waals surface area contributed by atoms with E-state index >= 15 is 0 Å². The number of urea groups is 1. The van der Waals surface area contributed by atoms with Crippen LogP contribution in [0.5, 0.6) is 5.75 Å². The number of hydrogen-bond donors (Lipinski definition) is 2. The number of carbonyl (C=O) groups is 2. The van der Waals surface area contributed by atoms with E-state index in [1.54, 1.807) is 4.90 Å². The van der Waals surface area contributed by atoms with Crippen LogP contribution in [0.4, 0.5) is 9.18 Å². The van der Waals surface area contributed by atoms with E-state index in [1.165, 1.54) is 12.1 Å². The fourth-order valence-corrected chi connectivity index (χ4v) is 4.65. The fourth-order valence-electron chi connectivity index (χ4n) is 4.65. The number of likely N-dealkylation sites (tertiary alicyclic amines) is 1. The van der Waals surface area contributed by atoms with E-state index in [9.17, 15) is 19.1 Å². The molecule has 2 amide bonds. The Hall–Kier alpha value is -2.35. The highest BCUT2D eigenvalue weighted by molar-refractivity contribution is 5.80. The van der Waals surface area contributed by atoms with E-state index in [1.807, 2.05) is 0 Å². The van der Waals surface area contributed by atoms with Gasteiger partial charge in [0.25, 0.3) is 0 Å². The van der Waals surface area contributed by atoms with Crippen molar-refractivity contribution in [2.24, 2.45) is 11.3 Å². The Labute approximate surface area is 156 Å². The van der Waals surface area contributed by atoms with Crippen LogP contribution >= 0.6 is 0 Å². The number of carboxylic acid groups (broad SMARTS) is 1. The van der Waals surface area contributed by atoms with Crippen molar-refractivity contribution in [1.29, 1.82) is 0 Å². The van der Waals surface area contributed by atoms with Gasteiger partial charge in [-0.15, -0.1) is 0 Å². The molecule has 0 radical (unpaired) electrons. The van der Waals surface area contributed by atoms with Gasteiger partial charge in [0.2, 0.25) is 0 Å². The standard InChI is InChI=1S/C19H23FN2O5/c20-15-6-12(16-13(7-15)9-26-11-27-16)3-5-21-18(25)22-8-14-2-1-4-19(14,10-22)17(23)24/h6-7,14H,1-5,8-11H2,(H,21,25)(H,23,24)/t14-,19+/m0/s1. The summed E-state index contributed by atoms with van der Waals surface area (Å²) in [6.45, 7) is 1.49. The van der Waals surface area contributed by atoms with Gasteiger partial charge in [-0.3, -0.25) is 4.79 Å². The van der Waals surface area contributed by atoms with Gasteiger partial charge >= 0.3 is 12.0 Å². The Morgan fingerprint density at radius 2 is 2.26 bits per heavy atom. The number of benzene rings is 1. The van der Waals surface area contributed by atoms with Gasteiger partial charge in [0.05, 0.1) is 12.0 Å². The molecule has 1 aromatic rings. The Morgan fingerprint density at radius 3 is 3.04 bits per heavy atom. The maximum Gasteiger partial charge on any atom is 0.317 e. The largest absolute Gasteiger partial charge is 0.481 e. The SMILES string of the molecule is O=C(NCCc1cc(F)cc2c1OCOC2)N1C[C@@H]2CCC[C@@]2(C(=O)O)C1. The van der Waals surface area contributed by atoms with E-state index in [0.717, 1.165) is 12.8 Å². The second kappa shape index (κ2) is 6.99. The molecule has 27 heavy (non-hydrogen) atoms. The number of halogens is 1. The number of nitrogens with zero attached hydrogens (tertiary/aromatic N) is 1. The van der Waals surface area contributed by atoms with Gasteiger partial charge in [0, 0.05) is 25.2 Å². The highest BCUT2D eigenvalue weighted by atomic mass is 19.1. The van der Waals surface area contributed by atoms with Crippen molar-refractivity contribution < 1.29 is 28.6 Å². The molecule has 8 heteroatoms. The summed E-state index contributed by atoms with van der Waals surface area (Å²) in [5.41, 5.74) is 0.569. The molecule has 4 rings (SSSR count). The van der Waals surface area contributed by atoms with Crippen molar-refractivity contribution in [1.82, 2.24) is 10.2 Å². The molecule has 2 atom stereocenters. The van der Waals surface area contributed by atoms with E-state index in [2.05, 4.69) is 5.32 Å². The Morgan fingerprint density at radius 1 is 1.41 bits per heavy atom. The Kier molecular flexibility index (Phi) is 4.67. The highest BCUT2D eigenvalue weighted by Crippen LogP contribution is 2.48. The number of nitrogens with one attached hydrogen (secondary N) is 1. The molecule has 0 bridgehead atoms. The summed E-state index contributed by atoms with van der Waals surface area (Å²) >= 11 is 0. The van der Waals surface area contributed by atoms with Gasteiger partial charge in [-0.25, -0.2) is 9.18 Å². The van der Waals surface area contributed by atoms with E-state index in [4.69, 9.17) is 9.47 Å². The van der Waals surface area contributed by atoms with E-state index in [-0.39, 0.29) is 31.1 Å². The van der Waals surface area contributed by atoms with Crippen LogP contribution in [0.25, 0.3) is 0 Å². The molecule has 2 heterocycles. The average Bonchev–Trinajstić information content (AvgIpc) is 3.20. The molecule has 0 aromatic heterocycles. The lowest BCUT2D eigenvalue weighted by Gasteiger charge is -2.23. The molecule has 146 valence electrons. The number of ether oxygens (including phenoxy) is 2. The van der Waals surface area contributed by atoms with Crippen molar-refractivity contribution >= 4 is 12.0 Å². The highest BCUT2D eigenvalue weighted by Gasteiger charge is 2.55. The lowest BCUT2D eigenvalue weighted by Crippen LogP contribution is -2.42. The van der Waals surface area contributed by atoms with Crippen molar-refractivity contribution in [3.05, 3.63) is 29.1 Å². The van der Waals surface area contributed by atoms with Gasteiger partial charge in [0.15, 0.2) is 6.79 Å². The number of carboxylic acids is 1. The summed E-state index contributed by atoms with van der Waals surface area (Å²) in [5.74, 6) is -0.507. The minimum Gasteiger partial charge on any atom is -0.481 e. The van der Waals surface area contributed by atoms with Gasteiger partial charge in [-0.05, 0) is 42.9 Å². The summed E-state index contributed by atoms with van der Waals surface area (Å²) in [6, 6.07) is 2.54. The lowest BCUT2D eigenvalue weighted by molar-refractivity contribution is -0.149. The van der Waals surface area contributed by atoms with Crippen LogP contribution in [0.2, 0.25) is 0 Å². The summed E-state index contributed by atoms with van der Waals surface area (Å²) in [6.07, 6.45) is 2.81. The average molecular weight is 378 g/mol. The van der Waals surface area contributed by atoms with Crippen molar-refractivity contribution in [3.8, 4) is 5.75 Å². The second-order valence-corrected chi connectivity index (χ2v) is 7.58. The zero-order valence-electron chi connectivity index (χ0n) is 15.0. The minimum absolute atomic E-state index is 0.0318. The van der Waals surface area contributed by atoms with Crippen LogP contribution in [0.3, 0.4) is 0 Å². The third kappa shape index (κ3) is 3.22. The molecule has 2 fully saturated rings. The van der Waals surface area contributed by atoms with Crippen LogP contribution in [-0.4, -0.2) is 48.4 Å². The third-order valence-corrected chi connectivity index (χ3v) is 6.01. The summed E-state index contributed by atoms with van der Waals surface area (Å²) in [5, 5.41) is 12.4. The Bertz CT molecular complexity index is 771. The van der Waals surface area contributed by atoms with E-state index < -0.39 is 11.4 Å². The predicted octanol–water partition coefficient (Wildman–Crippen LogP) is 2.13. The van der Waals surface area contributed by atoms with Gasteiger partial charge in [0.1, 0.15) is 11.6 Å². The first-order valence-electron chi connectivity index (χ1n) is 9.27. The molecule has 0 spiro atoms. The molecule has 3 aliphatic rings. The zero-order valence-corrected chi connectivity index (χ0v) is 15.0. The summed E-state index contributed by atoms with van der Waals surface area (Å²) < 4.78 is 24.4. The topological polar surface area (TPSA) is 88.1 Å². The lowest BCUT2D eigenvalue weighted by atomic mass is 9.81. The molecule has 7 nitrogen and oxygen atoms in total. The predicted molar refractivity (Wildman–Crippen MR) is 92.8 cm³/mol. The summed E-state index contributed by atoms with van der Waals surface area (Å²) in [4.78, 5) is 25.8. The quantitative estimate of drug-likeness (QED) is 0.838. The van der Waals surface area contributed by atoms with Crippen LogP contribution in [0, 0.1) is 17.2 Å². The number of hydrogen-bond acceptors (Lipinski definition) is 4. The monoisotopic (exact) mass is 378 g/mol. The number of aliphatic carboxylic acids is 1. The molecule has 0 unspecified atom stereocenters. The van der Waals surface area contributed by atoms with Crippen LogP contribution < -0.4 is 10.1 Å². The molecular weight excluding hydrogens is 355 g/mol. The van der Waals surface area contributed by atoms with E-state index in [0.29, 0.717) is 49.4 Å². The fraction of sp³-hybridized carbons (Fsp3) is 0.579. The molecule has 2 aliphatic heterocycles. The maximum atomic E-state index is 13.8. The van der Waals surface area contributed by atoms with Gasteiger partial charge < -0.3 is 24.8 Å². The summed E-state index contributed by atoms with van der Waals surface area (Å²) in [7, 11) is 0. The molecule has 1 aliphatic carbocycles. The molecule has 1 saturated heterocycles.